The number of ether oxygens (including phenoxy) is 2. The molecule has 4 heterocycles. The molecule has 0 amide bonds. The zero-order valence-corrected chi connectivity index (χ0v) is 23.4. The molecule has 3 fully saturated rings. The number of aryl methyl sites for hydroxylation is 1. The van der Waals surface area contributed by atoms with E-state index in [0.29, 0.717) is 46.2 Å². The molecule has 0 spiro atoms. The van der Waals surface area contributed by atoms with Crippen LogP contribution in [-0.4, -0.2) is 52.6 Å². The maximum absolute atomic E-state index is 15.4. The van der Waals surface area contributed by atoms with E-state index in [9.17, 15) is 8.78 Å². The van der Waals surface area contributed by atoms with Gasteiger partial charge in [-0.05, 0) is 35.7 Å². The Balaban J connectivity index is 1.26. The van der Waals surface area contributed by atoms with Gasteiger partial charge in [0.25, 0.3) is 5.92 Å². The van der Waals surface area contributed by atoms with Gasteiger partial charge in [-0.25, -0.2) is 32.6 Å². The van der Waals surface area contributed by atoms with Crippen LogP contribution in [-0.2, 0) is 22.0 Å². The molecule has 3 atom stereocenters. The molecule has 13 heteroatoms. The topological polar surface area (TPSA) is 86.6 Å². The summed E-state index contributed by atoms with van der Waals surface area (Å²) in [6, 6.07) is 8.47. The highest BCUT2D eigenvalue weighted by Gasteiger charge is 2.82. The van der Waals surface area contributed by atoms with Gasteiger partial charge in [0.1, 0.15) is 17.9 Å². The summed E-state index contributed by atoms with van der Waals surface area (Å²) in [7, 11) is 3.23. The zero-order valence-electron chi connectivity index (χ0n) is 23.4. The number of fused-ring (bicyclic) bond motifs is 1. The van der Waals surface area contributed by atoms with Crippen molar-refractivity contribution in [2.24, 2.45) is 13.0 Å². The SMILES string of the molecule is COc1cc(C23CCOCC2C3(F)F)c(-c2cnn(C)c2)cc1Nc1cc(N2OCC[C@@H]2c2cccc(F)c2F)ncn1. The first-order valence-electron chi connectivity index (χ1n) is 13.9. The standard InChI is InChI=1S/C30H28F4N6O3/c1-39-14-17(13-37-39)19-10-22(24(41-2)11-20(19)29-7-9-42-15-25(29)30(29,33)34)38-26-12-27(36-16-35-26)40-23(6-8-43-40)18-4-3-5-21(31)28(18)32/h3-5,10-14,16,23,25H,6-9,15H2,1-2H3,(H,35,36,38)/t23-,25?,29?/m1/s1. The number of nitrogens with zero attached hydrogens (tertiary/aromatic N) is 5. The third kappa shape index (κ3) is 4.32. The number of nitrogens with one attached hydrogen (secondary N) is 1. The molecule has 1 N–H and O–H groups in total. The second kappa shape index (κ2) is 10.2. The van der Waals surface area contributed by atoms with Crippen LogP contribution in [0, 0.1) is 17.6 Å². The summed E-state index contributed by atoms with van der Waals surface area (Å²) < 4.78 is 72.1. The molecular formula is C30H28F4N6O3. The number of benzene rings is 2. The summed E-state index contributed by atoms with van der Waals surface area (Å²) in [5, 5.41) is 8.93. The lowest BCUT2D eigenvalue weighted by atomic mass is 9.83. The summed E-state index contributed by atoms with van der Waals surface area (Å²) in [4.78, 5) is 14.4. The lowest BCUT2D eigenvalue weighted by Crippen LogP contribution is -2.24. The van der Waals surface area contributed by atoms with Crippen LogP contribution in [0.15, 0.2) is 55.1 Å². The van der Waals surface area contributed by atoms with Crippen LogP contribution in [0.25, 0.3) is 11.1 Å². The Morgan fingerprint density at radius 2 is 1.98 bits per heavy atom. The summed E-state index contributed by atoms with van der Waals surface area (Å²) in [6.45, 7) is 0.518. The molecule has 9 nitrogen and oxygen atoms in total. The quantitative estimate of drug-likeness (QED) is 0.272. The van der Waals surface area contributed by atoms with Gasteiger partial charge in [0.2, 0.25) is 0 Å². The number of hydroxylamine groups is 1. The third-order valence-corrected chi connectivity index (χ3v) is 8.69. The third-order valence-electron chi connectivity index (χ3n) is 8.69. The second-order valence-electron chi connectivity index (χ2n) is 11.0. The minimum atomic E-state index is -2.92. The van der Waals surface area contributed by atoms with Crippen molar-refractivity contribution < 1.29 is 31.9 Å². The lowest BCUT2D eigenvalue weighted by Gasteiger charge is -2.26. The number of rotatable bonds is 7. The van der Waals surface area contributed by atoms with E-state index in [1.165, 1.54) is 30.6 Å². The van der Waals surface area contributed by atoms with Crippen LogP contribution in [0.4, 0.5) is 34.9 Å². The lowest BCUT2D eigenvalue weighted by molar-refractivity contribution is 0.0660. The Labute approximate surface area is 244 Å². The normalized spacial score (nSPS) is 24.1. The molecule has 43 heavy (non-hydrogen) atoms. The van der Waals surface area contributed by atoms with E-state index in [4.69, 9.17) is 14.3 Å². The van der Waals surface area contributed by atoms with Crippen LogP contribution >= 0.6 is 0 Å². The maximum atomic E-state index is 15.4. The molecule has 3 aliphatic rings. The molecule has 2 aromatic carbocycles. The second-order valence-corrected chi connectivity index (χ2v) is 11.0. The fourth-order valence-corrected chi connectivity index (χ4v) is 6.50. The van der Waals surface area contributed by atoms with Crippen LogP contribution in [0.1, 0.15) is 30.0 Å². The fraction of sp³-hybridized carbons (Fsp3) is 0.367. The van der Waals surface area contributed by atoms with E-state index < -0.39 is 34.9 Å². The fourth-order valence-electron chi connectivity index (χ4n) is 6.50. The number of alkyl halides is 2. The number of aromatic nitrogens is 4. The van der Waals surface area contributed by atoms with Crippen molar-refractivity contribution in [2.45, 2.75) is 30.2 Å². The monoisotopic (exact) mass is 596 g/mol. The molecule has 4 aromatic rings. The molecule has 2 aliphatic heterocycles. The van der Waals surface area contributed by atoms with Crippen LogP contribution in [0.5, 0.6) is 5.75 Å². The first-order valence-corrected chi connectivity index (χ1v) is 13.9. The average molecular weight is 597 g/mol. The number of halogens is 4. The molecule has 2 saturated heterocycles. The summed E-state index contributed by atoms with van der Waals surface area (Å²) in [5.74, 6) is -4.69. The molecule has 224 valence electrons. The van der Waals surface area contributed by atoms with Gasteiger partial charge in [-0.3, -0.25) is 9.52 Å². The van der Waals surface area contributed by atoms with Crippen LogP contribution < -0.4 is 15.1 Å². The first-order chi connectivity index (χ1) is 20.7. The molecule has 1 saturated carbocycles. The zero-order chi connectivity index (χ0) is 29.9. The molecular weight excluding hydrogens is 568 g/mol. The molecule has 0 bridgehead atoms. The molecule has 0 radical (unpaired) electrons. The largest absolute Gasteiger partial charge is 0.495 e. The minimum Gasteiger partial charge on any atom is -0.495 e. The molecule has 2 aromatic heterocycles. The van der Waals surface area contributed by atoms with E-state index in [0.717, 1.165) is 6.07 Å². The Bertz CT molecular complexity index is 1700. The van der Waals surface area contributed by atoms with Crippen LogP contribution in [0.3, 0.4) is 0 Å². The molecule has 1 aliphatic carbocycles. The van der Waals surface area contributed by atoms with Crippen molar-refractivity contribution >= 4 is 17.3 Å². The van der Waals surface area contributed by atoms with Crippen molar-refractivity contribution in [2.75, 3.05) is 37.3 Å². The Kier molecular flexibility index (Phi) is 6.54. The number of hydrogen-bond acceptors (Lipinski definition) is 8. The van der Waals surface area contributed by atoms with Crippen molar-refractivity contribution in [3.05, 3.63) is 77.9 Å². The van der Waals surface area contributed by atoms with Gasteiger partial charge in [0, 0.05) is 43.5 Å². The van der Waals surface area contributed by atoms with Gasteiger partial charge in [0.05, 0.1) is 49.6 Å². The summed E-state index contributed by atoms with van der Waals surface area (Å²) in [5.41, 5.74) is 1.03. The van der Waals surface area contributed by atoms with Gasteiger partial charge < -0.3 is 14.8 Å². The van der Waals surface area contributed by atoms with Gasteiger partial charge in [-0.2, -0.15) is 5.10 Å². The predicted octanol–water partition coefficient (Wildman–Crippen LogP) is 5.71. The number of methoxy groups -OCH3 is 1. The predicted molar refractivity (Wildman–Crippen MR) is 148 cm³/mol. The maximum Gasteiger partial charge on any atom is 0.264 e. The van der Waals surface area contributed by atoms with E-state index in [1.54, 1.807) is 42.3 Å². The molecule has 7 rings (SSSR count). The number of anilines is 3. The first kappa shape index (κ1) is 27.6. The van der Waals surface area contributed by atoms with Crippen molar-refractivity contribution in [3.63, 3.8) is 0 Å². The Morgan fingerprint density at radius 1 is 1.12 bits per heavy atom. The summed E-state index contributed by atoms with van der Waals surface area (Å²) >= 11 is 0. The van der Waals surface area contributed by atoms with Gasteiger partial charge >= 0.3 is 0 Å². The smallest absolute Gasteiger partial charge is 0.264 e. The molecule has 2 unspecified atom stereocenters. The van der Waals surface area contributed by atoms with E-state index in [1.807, 2.05) is 0 Å². The van der Waals surface area contributed by atoms with E-state index in [-0.39, 0.29) is 31.8 Å². The van der Waals surface area contributed by atoms with Gasteiger partial charge in [-0.1, -0.05) is 12.1 Å². The number of hydrogen-bond donors (Lipinski definition) is 1. The Morgan fingerprint density at radius 3 is 2.74 bits per heavy atom. The van der Waals surface area contributed by atoms with E-state index in [2.05, 4.69) is 20.4 Å². The average Bonchev–Trinajstić information content (AvgIpc) is 3.42. The highest BCUT2D eigenvalue weighted by Crippen LogP contribution is 2.71. The van der Waals surface area contributed by atoms with E-state index >= 15 is 8.78 Å². The van der Waals surface area contributed by atoms with Gasteiger partial charge in [-0.15, -0.1) is 0 Å². The minimum absolute atomic E-state index is 0.00933. The summed E-state index contributed by atoms with van der Waals surface area (Å²) in [6.07, 6.45) is 5.35. The van der Waals surface area contributed by atoms with Crippen molar-refractivity contribution in [3.8, 4) is 16.9 Å². The van der Waals surface area contributed by atoms with Crippen molar-refractivity contribution in [1.29, 1.82) is 0 Å². The highest BCUT2D eigenvalue weighted by atomic mass is 19.3. The Hall–Kier alpha value is -4.23. The highest BCUT2D eigenvalue weighted by molar-refractivity contribution is 5.79. The van der Waals surface area contributed by atoms with Crippen LogP contribution in [0.2, 0.25) is 0 Å². The van der Waals surface area contributed by atoms with Gasteiger partial charge in [0.15, 0.2) is 17.5 Å². The van der Waals surface area contributed by atoms with Crippen molar-refractivity contribution in [1.82, 2.24) is 19.7 Å².